The molecule has 3 aromatic heterocycles. The summed E-state index contributed by atoms with van der Waals surface area (Å²) in [5, 5.41) is 4.12. The second kappa shape index (κ2) is 7.90. The van der Waals surface area contributed by atoms with E-state index in [1.165, 1.54) is 30.9 Å². The Hall–Kier alpha value is -4.46. The highest BCUT2D eigenvalue weighted by molar-refractivity contribution is 5.97. The van der Waals surface area contributed by atoms with Crippen LogP contribution in [0.1, 0.15) is 27.7 Å². The molecule has 0 aliphatic heterocycles. The van der Waals surface area contributed by atoms with Gasteiger partial charge in [-0.3, -0.25) is 18.7 Å². The van der Waals surface area contributed by atoms with Crippen molar-refractivity contribution >= 4 is 27.9 Å². The second-order valence-corrected chi connectivity index (χ2v) is 7.80. The van der Waals surface area contributed by atoms with Crippen LogP contribution < -0.4 is 16.6 Å². The first-order chi connectivity index (χ1) is 15.9. The lowest BCUT2D eigenvalue weighted by molar-refractivity contribution is 0.0939. The van der Waals surface area contributed by atoms with Crippen LogP contribution in [-0.4, -0.2) is 20.0 Å². The molecule has 3 heterocycles. The molecular formula is C25H20N4O4. The van der Waals surface area contributed by atoms with Crippen molar-refractivity contribution in [1.82, 2.24) is 19.4 Å². The summed E-state index contributed by atoms with van der Waals surface area (Å²) < 4.78 is 8.30. The van der Waals surface area contributed by atoms with Crippen molar-refractivity contribution in [2.24, 2.45) is 14.1 Å². The Labute approximate surface area is 187 Å². The molecule has 1 unspecified atom stereocenters. The molecule has 5 aromatic rings. The molecule has 8 heteroatoms. The van der Waals surface area contributed by atoms with Crippen molar-refractivity contribution in [3.05, 3.63) is 111 Å². The number of fused-ring (bicyclic) bond motifs is 2. The standard InChI is InChI=1S/C25H20N4O4/c1-28-22-18(24(31)29(2)25(28)32)12-17(14-26-22)23(30)27-21(15-8-4-3-5-9-15)20-13-16-10-6-7-11-19(16)33-20/h3-14,21H,1-2H3,(H,27,30). The van der Waals surface area contributed by atoms with Gasteiger partial charge in [0.2, 0.25) is 0 Å². The monoisotopic (exact) mass is 440 g/mol. The van der Waals surface area contributed by atoms with Crippen molar-refractivity contribution in [3.8, 4) is 0 Å². The maximum atomic E-state index is 13.2. The molecule has 1 N–H and O–H groups in total. The smallest absolute Gasteiger partial charge is 0.332 e. The van der Waals surface area contributed by atoms with Gasteiger partial charge in [0.05, 0.1) is 10.9 Å². The van der Waals surface area contributed by atoms with E-state index in [2.05, 4.69) is 10.3 Å². The number of pyridine rings is 1. The van der Waals surface area contributed by atoms with Crippen LogP contribution in [-0.2, 0) is 14.1 Å². The summed E-state index contributed by atoms with van der Waals surface area (Å²) in [6.45, 7) is 0. The van der Waals surface area contributed by atoms with Crippen LogP contribution in [0, 0.1) is 0 Å². The van der Waals surface area contributed by atoms with Gasteiger partial charge < -0.3 is 9.73 Å². The zero-order valence-electron chi connectivity index (χ0n) is 18.0. The van der Waals surface area contributed by atoms with Crippen molar-refractivity contribution in [2.75, 3.05) is 0 Å². The molecule has 0 bridgehead atoms. The average molecular weight is 440 g/mol. The first-order valence-electron chi connectivity index (χ1n) is 10.3. The average Bonchev–Trinajstić information content (AvgIpc) is 3.28. The van der Waals surface area contributed by atoms with Gasteiger partial charge in [-0.1, -0.05) is 48.5 Å². The van der Waals surface area contributed by atoms with Crippen molar-refractivity contribution in [3.63, 3.8) is 0 Å². The minimum Gasteiger partial charge on any atom is -0.459 e. The summed E-state index contributed by atoms with van der Waals surface area (Å²) in [7, 11) is 2.92. The van der Waals surface area contributed by atoms with Gasteiger partial charge in [0.1, 0.15) is 23.0 Å². The number of carbonyl (C=O) groups excluding carboxylic acids is 1. The summed E-state index contributed by atoms with van der Waals surface area (Å²) in [6.07, 6.45) is 1.36. The molecule has 1 amide bonds. The number of rotatable bonds is 4. The lowest BCUT2D eigenvalue weighted by Gasteiger charge is -2.17. The number of carbonyl (C=O) groups is 1. The minimum atomic E-state index is -0.551. The lowest BCUT2D eigenvalue weighted by atomic mass is 10.0. The number of nitrogens with zero attached hydrogens (tertiary/aromatic N) is 3. The maximum Gasteiger partial charge on any atom is 0.332 e. The Morgan fingerprint density at radius 2 is 1.70 bits per heavy atom. The molecule has 0 spiro atoms. The van der Waals surface area contributed by atoms with E-state index in [1.54, 1.807) is 0 Å². The van der Waals surface area contributed by atoms with Crippen molar-refractivity contribution < 1.29 is 9.21 Å². The van der Waals surface area contributed by atoms with Gasteiger partial charge in [-0.05, 0) is 23.8 Å². The van der Waals surface area contributed by atoms with Crippen LogP contribution in [0.2, 0.25) is 0 Å². The normalized spacial score (nSPS) is 12.2. The molecule has 0 radical (unpaired) electrons. The molecule has 0 fully saturated rings. The first-order valence-corrected chi connectivity index (χ1v) is 10.3. The van der Waals surface area contributed by atoms with E-state index in [4.69, 9.17) is 4.42 Å². The number of hydrogen-bond donors (Lipinski definition) is 1. The van der Waals surface area contributed by atoms with E-state index in [-0.39, 0.29) is 16.6 Å². The SMILES string of the molecule is Cn1c(=O)c2cc(C(=O)NC(c3ccccc3)c3cc4ccccc4o3)cnc2n(C)c1=O. The zero-order chi connectivity index (χ0) is 23.1. The molecular weight excluding hydrogens is 420 g/mol. The van der Waals surface area contributed by atoms with E-state index in [9.17, 15) is 14.4 Å². The summed E-state index contributed by atoms with van der Waals surface area (Å²) in [5.74, 6) is 0.164. The molecule has 8 nitrogen and oxygen atoms in total. The molecule has 164 valence electrons. The fourth-order valence-electron chi connectivity index (χ4n) is 3.91. The van der Waals surface area contributed by atoms with Crippen LogP contribution in [0.3, 0.4) is 0 Å². The number of para-hydroxylation sites is 1. The third kappa shape index (κ3) is 3.51. The zero-order valence-corrected chi connectivity index (χ0v) is 18.0. The Balaban J connectivity index is 1.57. The Morgan fingerprint density at radius 1 is 0.970 bits per heavy atom. The van der Waals surface area contributed by atoms with E-state index in [0.717, 1.165) is 21.1 Å². The maximum absolute atomic E-state index is 13.2. The fraction of sp³-hybridized carbons (Fsp3) is 0.120. The fourth-order valence-corrected chi connectivity index (χ4v) is 3.91. The predicted octanol–water partition coefficient (Wildman–Crippen LogP) is 2.90. The first kappa shape index (κ1) is 20.4. The predicted molar refractivity (Wildman–Crippen MR) is 124 cm³/mol. The van der Waals surface area contributed by atoms with Crippen LogP contribution in [0.25, 0.3) is 22.0 Å². The number of amides is 1. The molecule has 0 aliphatic rings. The third-order valence-electron chi connectivity index (χ3n) is 5.69. The van der Waals surface area contributed by atoms with Crippen LogP contribution in [0.4, 0.5) is 0 Å². The highest BCUT2D eigenvalue weighted by atomic mass is 16.3. The van der Waals surface area contributed by atoms with E-state index in [0.29, 0.717) is 5.76 Å². The Bertz CT molecular complexity index is 1600. The van der Waals surface area contributed by atoms with E-state index in [1.807, 2.05) is 60.7 Å². The van der Waals surface area contributed by atoms with Gasteiger partial charge in [-0.15, -0.1) is 0 Å². The summed E-state index contributed by atoms with van der Waals surface area (Å²) >= 11 is 0. The number of aromatic nitrogens is 3. The van der Waals surface area contributed by atoms with Crippen molar-refractivity contribution in [1.29, 1.82) is 0 Å². The molecule has 0 saturated carbocycles. The third-order valence-corrected chi connectivity index (χ3v) is 5.69. The van der Waals surface area contributed by atoms with Gasteiger partial charge in [0.25, 0.3) is 11.5 Å². The summed E-state index contributed by atoms with van der Waals surface area (Å²) in [5.41, 5.74) is 1.00. The Morgan fingerprint density at radius 3 is 2.45 bits per heavy atom. The second-order valence-electron chi connectivity index (χ2n) is 7.80. The molecule has 0 aliphatic carbocycles. The van der Waals surface area contributed by atoms with Gasteiger partial charge in [-0.2, -0.15) is 0 Å². The molecule has 0 saturated heterocycles. The minimum absolute atomic E-state index is 0.187. The topological polar surface area (TPSA) is 99.1 Å². The quantitative estimate of drug-likeness (QED) is 0.463. The van der Waals surface area contributed by atoms with Crippen LogP contribution in [0.15, 0.2) is 86.9 Å². The highest BCUT2D eigenvalue weighted by Gasteiger charge is 2.22. The highest BCUT2D eigenvalue weighted by Crippen LogP contribution is 2.28. The Kier molecular flexibility index (Phi) is 4.90. The van der Waals surface area contributed by atoms with Gasteiger partial charge in [0, 0.05) is 25.7 Å². The van der Waals surface area contributed by atoms with Gasteiger partial charge in [0.15, 0.2) is 0 Å². The van der Waals surface area contributed by atoms with Crippen LogP contribution >= 0.6 is 0 Å². The number of hydrogen-bond acceptors (Lipinski definition) is 5. The van der Waals surface area contributed by atoms with Crippen molar-refractivity contribution in [2.45, 2.75) is 6.04 Å². The van der Waals surface area contributed by atoms with E-state index < -0.39 is 23.2 Å². The number of nitrogens with one attached hydrogen (secondary N) is 1. The van der Waals surface area contributed by atoms with Gasteiger partial charge >= 0.3 is 5.69 Å². The number of furan rings is 1. The summed E-state index contributed by atoms with van der Waals surface area (Å²) in [4.78, 5) is 42.2. The molecule has 1 atom stereocenters. The number of aryl methyl sites for hydroxylation is 1. The largest absolute Gasteiger partial charge is 0.459 e. The molecule has 2 aromatic carbocycles. The molecule has 33 heavy (non-hydrogen) atoms. The van der Waals surface area contributed by atoms with Gasteiger partial charge in [-0.25, -0.2) is 9.78 Å². The van der Waals surface area contributed by atoms with E-state index >= 15 is 0 Å². The molecule has 5 rings (SSSR count). The number of benzene rings is 2. The summed E-state index contributed by atoms with van der Waals surface area (Å²) in [6, 6.07) is 19.9. The lowest BCUT2D eigenvalue weighted by Crippen LogP contribution is -2.37. The van der Waals surface area contributed by atoms with Crippen LogP contribution in [0.5, 0.6) is 0 Å².